The highest BCUT2D eigenvalue weighted by Crippen LogP contribution is 2.26. The Morgan fingerprint density at radius 2 is 2.00 bits per heavy atom. The van der Waals surface area contributed by atoms with Gasteiger partial charge in [-0.05, 0) is 30.2 Å². The fraction of sp³-hybridized carbons (Fsp3) is 0.231. The van der Waals surface area contributed by atoms with E-state index in [1.54, 1.807) is 24.3 Å². The summed E-state index contributed by atoms with van der Waals surface area (Å²) in [5.41, 5.74) is 7.15. The number of hydrogen-bond acceptors (Lipinski definition) is 4. The minimum atomic E-state index is 0.133. The van der Waals surface area contributed by atoms with Gasteiger partial charge in [0.25, 0.3) is 0 Å². The van der Waals surface area contributed by atoms with E-state index in [2.05, 4.69) is 41.2 Å². The zero-order valence-corrected chi connectivity index (χ0v) is 10.5. The van der Waals surface area contributed by atoms with E-state index in [-0.39, 0.29) is 6.04 Å². The highest BCUT2D eigenvalue weighted by atomic mass is 32.2. The van der Waals surface area contributed by atoms with E-state index in [1.807, 2.05) is 6.07 Å². The fourth-order valence-electron chi connectivity index (χ4n) is 1.48. The average Bonchev–Trinajstić information content (AvgIpc) is 2.40. The van der Waals surface area contributed by atoms with E-state index in [9.17, 15) is 0 Å². The molecular formula is C13H15N3S. The highest BCUT2D eigenvalue weighted by Gasteiger charge is 2.03. The Hall–Kier alpha value is -1.39. The first-order chi connectivity index (χ1) is 8.29. The Labute approximate surface area is 105 Å². The molecule has 2 N–H and O–H groups in total. The van der Waals surface area contributed by atoms with Crippen LogP contribution in [-0.2, 0) is 0 Å². The van der Waals surface area contributed by atoms with Crippen molar-refractivity contribution in [1.82, 2.24) is 9.97 Å². The van der Waals surface area contributed by atoms with Gasteiger partial charge in [0.15, 0.2) is 0 Å². The molecule has 1 heterocycles. The molecule has 0 bridgehead atoms. The fourth-order valence-corrected chi connectivity index (χ4v) is 2.22. The van der Waals surface area contributed by atoms with Gasteiger partial charge in [-0.2, -0.15) is 0 Å². The lowest BCUT2D eigenvalue weighted by Crippen LogP contribution is -2.07. The maximum absolute atomic E-state index is 5.97. The molecule has 0 aliphatic heterocycles. The second kappa shape index (κ2) is 5.80. The van der Waals surface area contributed by atoms with E-state index in [4.69, 9.17) is 5.73 Å². The molecular weight excluding hydrogens is 230 g/mol. The molecule has 0 aliphatic carbocycles. The summed E-state index contributed by atoms with van der Waals surface area (Å²) < 4.78 is 0. The van der Waals surface area contributed by atoms with Crippen LogP contribution < -0.4 is 5.73 Å². The van der Waals surface area contributed by atoms with Gasteiger partial charge in [-0.3, -0.25) is 0 Å². The van der Waals surface area contributed by atoms with Crippen LogP contribution in [0, 0.1) is 0 Å². The number of aromatic nitrogens is 2. The lowest BCUT2D eigenvalue weighted by atomic mass is 10.1. The van der Waals surface area contributed by atoms with Crippen LogP contribution >= 0.6 is 11.8 Å². The van der Waals surface area contributed by atoms with Gasteiger partial charge < -0.3 is 5.73 Å². The van der Waals surface area contributed by atoms with Crippen molar-refractivity contribution >= 4 is 11.8 Å². The molecule has 0 amide bonds. The van der Waals surface area contributed by atoms with Gasteiger partial charge >= 0.3 is 0 Å². The second-order valence-electron chi connectivity index (χ2n) is 3.73. The van der Waals surface area contributed by atoms with Crippen LogP contribution in [0.1, 0.15) is 24.9 Å². The maximum atomic E-state index is 5.97. The van der Waals surface area contributed by atoms with Crippen molar-refractivity contribution in [3.63, 3.8) is 0 Å². The quantitative estimate of drug-likeness (QED) is 0.841. The largest absolute Gasteiger partial charge is 0.324 e. The third kappa shape index (κ3) is 3.28. The summed E-state index contributed by atoms with van der Waals surface area (Å²) in [5, 5.41) is 0.951. The van der Waals surface area contributed by atoms with Crippen LogP contribution in [0.5, 0.6) is 0 Å². The van der Waals surface area contributed by atoms with Crippen molar-refractivity contribution in [2.45, 2.75) is 29.3 Å². The van der Waals surface area contributed by atoms with Gasteiger partial charge in [0.1, 0.15) is 11.4 Å². The molecule has 0 radical (unpaired) electrons. The third-order valence-electron chi connectivity index (χ3n) is 2.53. The van der Waals surface area contributed by atoms with E-state index in [0.717, 1.165) is 16.3 Å². The SMILES string of the molecule is CC[C@H](N)c1ccc(Sc2ccncn2)cc1. The molecule has 4 heteroatoms. The van der Waals surface area contributed by atoms with Gasteiger partial charge in [0, 0.05) is 17.1 Å². The topological polar surface area (TPSA) is 51.8 Å². The first-order valence-corrected chi connectivity index (χ1v) is 6.40. The summed E-state index contributed by atoms with van der Waals surface area (Å²) in [6.07, 6.45) is 4.26. The van der Waals surface area contributed by atoms with Crippen molar-refractivity contribution in [3.8, 4) is 0 Å². The Balaban J connectivity index is 2.08. The number of benzene rings is 1. The highest BCUT2D eigenvalue weighted by molar-refractivity contribution is 7.99. The van der Waals surface area contributed by atoms with Gasteiger partial charge in [-0.1, -0.05) is 30.8 Å². The van der Waals surface area contributed by atoms with Crippen LogP contribution in [0.3, 0.4) is 0 Å². The summed E-state index contributed by atoms with van der Waals surface area (Å²) in [5.74, 6) is 0. The smallest absolute Gasteiger partial charge is 0.116 e. The van der Waals surface area contributed by atoms with Crippen molar-refractivity contribution in [2.24, 2.45) is 5.73 Å². The second-order valence-corrected chi connectivity index (χ2v) is 4.83. The number of nitrogens with zero attached hydrogens (tertiary/aromatic N) is 2. The van der Waals surface area contributed by atoms with Gasteiger partial charge in [0.2, 0.25) is 0 Å². The maximum Gasteiger partial charge on any atom is 0.116 e. The number of nitrogens with two attached hydrogens (primary N) is 1. The van der Waals surface area contributed by atoms with Gasteiger partial charge in [0.05, 0.1) is 0 Å². The minimum Gasteiger partial charge on any atom is -0.324 e. The van der Waals surface area contributed by atoms with E-state index in [0.29, 0.717) is 0 Å². The van der Waals surface area contributed by atoms with Crippen LogP contribution in [0.2, 0.25) is 0 Å². The molecule has 0 fully saturated rings. The van der Waals surface area contributed by atoms with Crippen molar-refractivity contribution in [2.75, 3.05) is 0 Å². The molecule has 0 saturated heterocycles. The molecule has 1 atom stereocenters. The molecule has 0 aliphatic rings. The normalized spacial score (nSPS) is 12.4. The minimum absolute atomic E-state index is 0.133. The van der Waals surface area contributed by atoms with E-state index < -0.39 is 0 Å². The zero-order chi connectivity index (χ0) is 12.1. The van der Waals surface area contributed by atoms with Gasteiger partial charge in [-0.15, -0.1) is 0 Å². The molecule has 3 nitrogen and oxygen atoms in total. The summed E-state index contributed by atoms with van der Waals surface area (Å²) in [7, 11) is 0. The molecule has 88 valence electrons. The predicted octanol–water partition coefficient (Wildman–Crippen LogP) is 3.04. The molecule has 0 saturated carbocycles. The monoisotopic (exact) mass is 245 g/mol. The number of hydrogen-bond donors (Lipinski definition) is 1. The zero-order valence-electron chi connectivity index (χ0n) is 9.71. The molecule has 1 aromatic carbocycles. The standard InChI is InChI=1S/C13H15N3S/c1-2-12(14)10-3-5-11(6-4-10)17-13-7-8-15-9-16-13/h3-9,12H,2,14H2,1H3/t12-/m0/s1. The lowest BCUT2D eigenvalue weighted by Gasteiger charge is -2.09. The van der Waals surface area contributed by atoms with Crippen molar-refractivity contribution < 1.29 is 0 Å². The van der Waals surface area contributed by atoms with E-state index in [1.165, 1.54) is 5.56 Å². The molecule has 17 heavy (non-hydrogen) atoms. The van der Waals surface area contributed by atoms with Crippen LogP contribution in [0.25, 0.3) is 0 Å². The van der Waals surface area contributed by atoms with Crippen LogP contribution in [0.4, 0.5) is 0 Å². The van der Waals surface area contributed by atoms with Crippen molar-refractivity contribution in [3.05, 3.63) is 48.4 Å². The summed E-state index contributed by atoms with van der Waals surface area (Å²) in [6.45, 7) is 2.09. The first-order valence-electron chi connectivity index (χ1n) is 5.59. The molecule has 1 aromatic heterocycles. The van der Waals surface area contributed by atoms with Gasteiger partial charge in [-0.25, -0.2) is 9.97 Å². The lowest BCUT2D eigenvalue weighted by molar-refractivity contribution is 0.698. The molecule has 2 rings (SSSR count). The summed E-state index contributed by atoms with van der Waals surface area (Å²) in [4.78, 5) is 9.23. The van der Waals surface area contributed by atoms with Crippen molar-refractivity contribution in [1.29, 1.82) is 0 Å². The Morgan fingerprint density at radius 3 is 2.59 bits per heavy atom. The first kappa shape index (κ1) is 12.1. The Kier molecular flexibility index (Phi) is 4.12. The summed E-state index contributed by atoms with van der Waals surface area (Å²) >= 11 is 1.62. The Bertz CT molecular complexity index is 456. The molecule has 0 unspecified atom stereocenters. The van der Waals surface area contributed by atoms with Crippen LogP contribution in [0.15, 0.2) is 52.8 Å². The predicted molar refractivity (Wildman–Crippen MR) is 69.8 cm³/mol. The third-order valence-corrected chi connectivity index (χ3v) is 3.48. The number of rotatable bonds is 4. The van der Waals surface area contributed by atoms with E-state index >= 15 is 0 Å². The molecule has 0 spiro atoms. The van der Waals surface area contributed by atoms with Crippen LogP contribution in [-0.4, -0.2) is 9.97 Å². The Morgan fingerprint density at radius 1 is 1.24 bits per heavy atom. The average molecular weight is 245 g/mol. The molecule has 2 aromatic rings. The summed E-state index contributed by atoms with van der Waals surface area (Å²) in [6, 6.07) is 10.4.